The molecular weight excluding hydrogens is 211 g/mol. The van der Waals surface area contributed by atoms with Gasteiger partial charge < -0.3 is 15.6 Å². The van der Waals surface area contributed by atoms with Gasteiger partial charge in [0.1, 0.15) is 0 Å². The number of hydrogen-bond acceptors (Lipinski definition) is 3. The van der Waals surface area contributed by atoms with Crippen molar-refractivity contribution in [1.29, 1.82) is 0 Å². The second kappa shape index (κ2) is 6.30. The first-order chi connectivity index (χ1) is 6.77. The van der Waals surface area contributed by atoms with E-state index in [-0.39, 0.29) is 19.8 Å². The fourth-order valence-electron chi connectivity index (χ4n) is 0.947. The van der Waals surface area contributed by atoms with Gasteiger partial charge in [-0.1, -0.05) is 0 Å². The molecular formula is C9H18F3NO2. The topological polar surface area (TPSA) is 55.5 Å². The summed E-state index contributed by atoms with van der Waals surface area (Å²) in [4.78, 5) is 0. The van der Waals surface area contributed by atoms with Crippen molar-refractivity contribution >= 4 is 0 Å². The predicted octanol–water partition coefficient (Wildman–Crippen LogP) is 1.45. The Bertz CT molecular complexity index is 171. The van der Waals surface area contributed by atoms with E-state index in [1.54, 1.807) is 6.92 Å². The average molecular weight is 229 g/mol. The van der Waals surface area contributed by atoms with Crippen LogP contribution in [0.4, 0.5) is 13.2 Å². The van der Waals surface area contributed by atoms with E-state index in [4.69, 9.17) is 10.5 Å². The van der Waals surface area contributed by atoms with Crippen LogP contribution < -0.4 is 5.73 Å². The second-order valence-electron chi connectivity index (χ2n) is 3.78. The summed E-state index contributed by atoms with van der Waals surface area (Å²) >= 11 is 0. The molecule has 92 valence electrons. The number of halogens is 3. The molecule has 0 aromatic carbocycles. The third-order valence-corrected chi connectivity index (χ3v) is 1.97. The predicted molar refractivity (Wildman–Crippen MR) is 50.4 cm³/mol. The highest BCUT2D eigenvalue weighted by atomic mass is 19.4. The van der Waals surface area contributed by atoms with Crippen molar-refractivity contribution < 1.29 is 23.0 Å². The average Bonchev–Trinajstić information content (AvgIpc) is 2.09. The summed E-state index contributed by atoms with van der Waals surface area (Å²) in [6.07, 6.45) is -4.17. The molecule has 1 atom stereocenters. The molecule has 15 heavy (non-hydrogen) atoms. The molecule has 0 rings (SSSR count). The van der Waals surface area contributed by atoms with Crippen molar-refractivity contribution in [3.63, 3.8) is 0 Å². The number of nitrogens with two attached hydrogens (primary N) is 1. The first kappa shape index (κ1) is 14.7. The van der Waals surface area contributed by atoms with Gasteiger partial charge in [0.05, 0.1) is 18.6 Å². The molecule has 0 saturated heterocycles. The first-order valence-electron chi connectivity index (χ1n) is 4.84. The molecule has 0 aromatic rings. The Balaban J connectivity index is 3.33. The van der Waals surface area contributed by atoms with Gasteiger partial charge in [-0.2, -0.15) is 13.2 Å². The van der Waals surface area contributed by atoms with Gasteiger partial charge in [0, 0.05) is 13.2 Å². The van der Waals surface area contributed by atoms with E-state index in [1.807, 2.05) is 0 Å². The normalized spacial score (nSPS) is 16.4. The fourth-order valence-corrected chi connectivity index (χ4v) is 0.947. The van der Waals surface area contributed by atoms with Gasteiger partial charge in [-0.3, -0.25) is 0 Å². The quantitative estimate of drug-likeness (QED) is 0.649. The zero-order valence-electron chi connectivity index (χ0n) is 8.81. The minimum Gasteiger partial charge on any atom is -0.389 e. The van der Waals surface area contributed by atoms with Gasteiger partial charge in [-0.05, 0) is 19.8 Å². The highest BCUT2D eigenvalue weighted by Crippen LogP contribution is 2.19. The van der Waals surface area contributed by atoms with E-state index in [9.17, 15) is 18.3 Å². The van der Waals surface area contributed by atoms with Crippen LogP contribution in [0.3, 0.4) is 0 Å². The molecule has 0 heterocycles. The van der Waals surface area contributed by atoms with Gasteiger partial charge >= 0.3 is 6.18 Å². The van der Waals surface area contributed by atoms with Crippen molar-refractivity contribution in [2.75, 3.05) is 19.8 Å². The van der Waals surface area contributed by atoms with Gasteiger partial charge in [-0.15, -0.1) is 0 Å². The summed E-state index contributed by atoms with van der Waals surface area (Å²) in [6.45, 7) is 1.61. The van der Waals surface area contributed by atoms with E-state index in [1.165, 1.54) is 0 Å². The van der Waals surface area contributed by atoms with Crippen LogP contribution in [-0.4, -0.2) is 36.6 Å². The number of ether oxygens (including phenoxy) is 1. The zero-order valence-corrected chi connectivity index (χ0v) is 8.81. The van der Waals surface area contributed by atoms with Crippen molar-refractivity contribution in [2.24, 2.45) is 5.73 Å². The molecule has 0 spiro atoms. The first-order valence-corrected chi connectivity index (χ1v) is 4.84. The number of hydrogen-bond donors (Lipinski definition) is 2. The Labute approximate surface area is 87.4 Å². The maximum atomic E-state index is 11.7. The van der Waals surface area contributed by atoms with Crippen LogP contribution in [0.1, 0.15) is 26.2 Å². The largest absolute Gasteiger partial charge is 0.391 e. The Hall–Kier alpha value is -0.330. The smallest absolute Gasteiger partial charge is 0.389 e. The third-order valence-electron chi connectivity index (χ3n) is 1.97. The lowest BCUT2D eigenvalue weighted by molar-refractivity contribution is -0.145. The molecule has 0 aliphatic heterocycles. The maximum absolute atomic E-state index is 11.7. The third kappa shape index (κ3) is 9.96. The lowest BCUT2D eigenvalue weighted by Crippen LogP contribution is -2.34. The summed E-state index contributed by atoms with van der Waals surface area (Å²) in [5.41, 5.74) is 4.31. The minimum atomic E-state index is -4.16. The van der Waals surface area contributed by atoms with Crippen LogP contribution in [0, 0.1) is 0 Å². The van der Waals surface area contributed by atoms with Crippen LogP contribution in [0.2, 0.25) is 0 Å². The van der Waals surface area contributed by atoms with Crippen LogP contribution in [-0.2, 0) is 4.74 Å². The minimum absolute atomic E-state index is 0.134. The highest BCUT2D eigenvalue weighted by molar-refractivity contribution is 4.72. The van der Waals surface area contributed by atoms with E-state index < -0.39 is 18.2 Å². The van der Waals surface area contributed by atoms with Crippen molar-refractivity contribution in [1.82, 2.24) is 0 Å². The van der Waals surface area contributed by atoms with Crippen molar-refractivity contribution in [2.45, 2.75) is 38.0 Å². The number of rotatable bonds is 7. The maximum Gasteiger partial charge on any atom is 0.391 e. The molecule has 0 aromatic heterocycles. The molecule has 0 aliphatic rings. The molecule has 0 fully saturated rings. The molecule has 0 saturated carbocycles. The van der Waals surface area contributed by atoms with Gasteiger partial charge in [0.25, 0.3) is 0 Å². The summed E-state index contributed by atoms with van der Waals surface area (Å²) in [5.74, 6) is 0. The Kier molecular flexibility index (Phi) is 6.16. The monoisotopic (exact) mass is 229 g/mol. The Morgan fingerprint density at radius 1 is 1.20 bits per heavy atom. The van der Waals surface area contributed by atoms with Crippen LogP contribution in [0.25, 0.3) is 0 Å². The van der Waals surface area contributed by atoms with E-state index in [0.29, 0.717) is 12.8 Å². The summed E-state index contributed by atoms with van der Waals surface area (Å²) in [6, 6.07) is 0. The molecule has 0 amide bonds. The van der Waals surface area contributed by atoms with Crippen molar-refractivity contribution in [3.05, 3.63) is 0 Å². The van der Waals surface area contributed by atoms with Gasteiger partial charge in [0.15, 0.2) is 0 Å². The lowest BCUT2D eigenvalue weighted by atomic mass is 10.0. The molecule has 0 aliphatic carbocycles. The SMILES string of the molecule is CC(O)(CN)CCCOCCC(F)(F)F. The van der Waals surface area contributed by atoms with E-state index in [2.05, 4.69) is 0 Å². The van der Waals surface area contributed by atoms with Crippen molar-refractivity contribution in [3.8, 4) is 0 Å². The number of aliphatic hydroxyl groups is 1. The molecule has 3 N–H and O–H groups in total. The second-order valence-corrected chi connectivity index (χ2v) is 3.78. The van der Waals surface area contributed by atoms with E-state index >= 15 is 0 Å². The van der Waals surface area contributed by atoms with Crippen LogP contribution in [0.15, 0.2) is 0 Å². The Morgan fingerprint density at radius 2 is 1.80 bits per heavy atom. The van der Waals surface area contributed by atoms with E-state index in [0.717, 1.165) is 0 Å². The highest BCUT2D eigenvalue weighted by Gasteiger charge is 2.26. The molecule has 3 nitrogen and oxygen atoms in total. The zero-order chi connectivity index (χ0) is 11.9. The summed E-state index contributed by atoms with van der Waals surface area (Å²) in [7, 11) is 0. The lowest BCUT2D eigenvalue weighted by Gasteiger charge is -2.20. The summed E-state index contributed by atoms with van der Waals surface area (Å²) < 4.78 is 39.8. The van der Waals surface area contributed by atoms with Crippen LogP contribution >= 0.6 is 0 Å². The standard InChI is InChI=1S/C9H18F3NO2/c1-8(14,7-13)3-2-5-15-6-4-9(10,11)12/h14H,2-7,13H2,1H3. The molecule has 1 unspecified atom stereocenters. The Morgan fingerprint density at radius 3 is 2.27 bits per heavy atom. The molecule has 0 bridgehead atoms. The molecule has 6 heteroatoms. The number of alkyl halides is 3. The molecule has 0 radical (unpaired) electrons. The van der Waals surface area contributed by atoms with Gasteiger partial charge in [0.2, 0.25) is 0 Å². The van der Waals surface area contributed by atoms with Gasteiger partial charge in [-0.25, -0.2) is 0 Å². The fraction of sp³-hybridized carbons (Fsp3) is 1.00. The summed E-state index contributed by atoms with van der Waals surface area (Å²) in [5, 5.41) is 9.45. The van der Waals surface area contributed by atoms with Crippen LogP contribution in [0.5, 0.6) is 0 Å².